The molecule has 3 rings (SSSR count). The number of para-hydroxylation sites is 2. The van der Waals surface area contributed by atoms with Gasteiger partial charge in [0.1, 0.15) is 0 Å². The third-order valence-electron chi connectivity index (χ3n) is 3.49. The molecule has 1 aromatic carbocycles. The third kappa shape index (κ3) is 2.31. The molecule has 2 aromatic heterocycles. The van der Waals surface area contributed by atoms with E-state index >= 15 is 0 Å². The van der Waals surface area contributed by atoms with Gasteiger partial charge in [0.25, 0.3) is 0 Å². The predicted molar refractivity (Wildman–Crippen MR) is 77.7 cm³/mol. The van der Waals surface area contributed by atoms with Crippen LogP contribution in [-0.2, 0) is 13.1 Å². The van der Waals surface area contributed by atoms with Crippen molar-refractivity contribution >= 4 is 11.0 Å². The van der Waals surface area contributed by atoms with Crippen LogP contribution in [0.15, 0.2) is 43.0 Å². The van der Waals surface area contributed by atoms with Gasteiger partial charge in [-0.25, -0.2) is 4.98 Å². The molecule has 6 heteroatoms. The highest BCUT2D eigenvalue weighted by molar-refractivity contribution is 5.74. The van der Waals surface area contributed by atoms with Crippen LogP contribution in [0.4, 0.5) is 0 Å². The number of imidazole rings is 1. The van der Waals surface area contributed by atoms with E-state index < -0.39 is 0 Å². The third-order valence-corrected chi connectivity index (χ3v) is 3.49. The zero-order chi connectivity index (χ0) is 13.9. The molecule has 6 nitrogen and oxygen atoms in total. The summed E-state index contributed by atoms with van der Waals surface area (Å²) in [6.45, 7) is 3.63. The lowest BCUT2D eigenvalue weighted by molar-refractivity contribution is 0.480. The maximum atomic E-state index is 5.70. The molecule has 0 saturated carbocycles. The Labute approximate surface area is 117 Å². The van der Waals surface area contributed by atoms with Crippen LogP contribution in [0.2, 0.25) is 0 Å². The van der Waals surface area contributed by atoms with E-state index in [4.69, 9.17) is 5.84 Å². The normalized spacial score (nSPS) is 12.9. The molecule has 3 N–H and O–H groups in total. The number of nitrogens with zero attached hydrogens (tertiary/aromatic N) is 4. The molecular formula is C14H18N6. The number of aryl methyl sites for hydroxylation is 1. The molecule has 0 spiro atoms. The highest BCUT2D eigenvalue weighted by atomic mass is 15.3. The van der Waals surface area contributed by atoms with E-state index in [0.717, 1.165) is 23.1 Å². The van der Waals surface area contributed by atoms with E-state index in [1.54, 1.807) is 0 Å². The number of hydrazine groups is 1. The van der Waals surface area contributed by atoms with Crippen molar-refractivity contribution in [2.24, 2.45) is 5.84 Å². The number of fused-ring (bicyclic) bond motifs is 1. The fraction of sp³-hybridized carbons (Fsp3) is 0.286. The minimum atomic E-state index is 0.00732. The van der Waals surface area contributed by atoms with Crippen LogP contribution >= 0.6 is 0 Å². The topological polar surface area (TPSA) is 73.7 Å². The fourth-order valence-corrected chi connectivity index (χ4v) is 2.34. The van der Waals surface area contributed by atoms with Crippen molar-refractivity contribution in [2.45, 2.75) is 26.1 Å². The van der Waals surface area contributed by atoms with Crippen molar-refractivity contribution < 1.29 is 0 Å². The molecule has 2 heterocycles. The number of nitrogens with two attached hydrogens (primary N) is 1. The molecule has 0 aliphatic carbocycles. The molecule has 0 aliphatic heterocycles. The maximum absolute atomic E-state index is 5.70. The first-order chi connectivity index (χ1) is 9.81. The molecule has 1 atom stereocenters. The zero-order valence-electron chi connectivity index (χ0n) is 11.4. The fourth-order valence-electron chi connectivity index (χ4n) is 2.34. The molecule has 0 saturated heterocycles. The van der Waals surface area contributed by atoms with Crippen molar-refractivity contribution in [3.05, 3.63) is 48.5 Å². The van der Waals surface area contributed by atoms with Gasteiger partial charge < -0.3 is 4.57 Å². The molecule has 0 radical (unpaired) electrons. The maximum Gasteiger partial charge on any atom is 0.0958 e. The predicted octanol–water partition coefficient (Wildman–Crippen LogP) is 1.46. The number of benzene rings is 1. The Balaban J connectivity index is 1.87. The molecule has 20 heavy (non-hydrogen) atoms. The number of rotatable bonds is 5. The van der Waals surface area contributed by atoms with Crippen molar-refractivity contribution in [3.63, 3.8) is 0 Å². The second-order valence-corrected chi connectivity index (χ2v) is 4.73. The lowest BCUT2D eigenvalue weighted by Crippen LogP contribution is -2.30. The van der Waals surface area contributed by atoms with E-state index in [0.29, 0.717) is 6.54 Å². The van der Waals surface area contributed by atoms with Gasteiger partial charge in [-0.3, -0.25) is 16.0 Å². The van der Waals surface area contributed by atoms with Gasteiger partial charge in [0.15, 0.2) is 0 Å². The number of hydrogen-bond donors (Lipinski definition) is 2. The van der Waals surface area contributed by atoms with Crippen molar-refractivity contribution in [1.29, 1.82) is 0 Å². The molecule has 3 aromatic rings. The second kappa shape index (κ2) is 5.44. The van der Waals surface area contributed by atoms with E-state index in [1.807, 2.05) is 41.6 Å². The lowest BCUT2D eigenvalue weighted by Gasteiger charge is -2.15. The number of nitrogens with one attached hydrogen (secondary N) is 1. The monoisotopic (exact) mass is 270 g/mol. The summed E-state index contributed by atoms with van der Waals surface area (Å²) in [6, 6.07) is 8.08. The molecule has 0 amide bonds. The molecular weight excluding hydrogens is 252 g/mol. The van der Waals surface area contributed by atoms with Gasteiger partial charge in [-0.05, 0) is 19.1 Å². The van der Waals surface area contributed by atoms with E-state index in [1.165, 1.54) is 0 Å². The van der Waals surface area contributed by atoms with Crippen molar-refractivity contribution in [3.8, 4) is 0 Å². The summed E-state index contributed by atoms with van der Waals surface area (Å²) in [7, 11) is 0. The lowest BCUT2D eigenvalue weighted by atomic mass is 10.1. The van der Waals surface area contributed by atoms with Crippen LogP contribution in [0, 0.1) is 0 Å². The van der Waals surface area contributed by atoms with Gasteiger partial charge in [0.2, 0.25) is 0 Å². The van der Waals surface area contributed by atoms with E-state index in [-0.39, 0.29) is 6.04 Å². The SMILES string of the molecule is CCn1cc(C(Cn2cnc3ccccc32)NN)cn1. The average molecular weight is 270 g/mol. The summed E-state index contributed by atoms with van der Waals surface area (Å²) in [6.07, 6.45) is 5.72. The summed E-state index contributed by atoms with van der Waals surface area (Å²) < 4.78 is 3.99. The van der Waals surface area contributed by atoms with Gasteiger partial charge in [0, 0.05) is 24.8 Å². The molecule has 0 aliphatic rings. The Morgan fingerprint density at radius 3 is 2.95 bits per heavy atom. The van der Waals surface area contributed by atoms with Crippen LogP contribution in [0.3, 0.4) is 0 Å². The molecule has 104 valence electrons. The van der Waals surface area contributed by atoms with Crippen molar-refractivity contribution in [2.75, 3.05) is 0 Å². The first-order valence-corrected chi connectivity index (χ1v) is 6.70. The smallest absolute Gasteiger partial charge is 0.0958 e. The highest BCUT2D eigenvalue weighted by Crippen LogP contribution is 2.18. The van der Waals surface area contributed by atoms with Gasteiger partial charge in [0.05, 0.1) is 29.6 Å². The van der Waals surface area contributed by atoms with Gasteiger partial charge in [-0.2, -0.15) is 5.10 Å². The van der Waals surface area contributed by atoms with Crippen molar-refractivity contribution in [1.82, 2.24) is 24.8 Å². The first-order valence-electron chi connectivity index (χ1n) is 6.70. The molecule has 1 unspecified atom stereocenters. The number of hydrogen-bond acceptors (Lipinski definition) is 4. The standard InChI is InChI=1S/C14H18N6/c1-2-20-8-11(7-17-20)13(18-15)9-19-10-16-12-5-3-4-6-14(12)19/h3-8,10,13,18H,2,9,15H2,1H3. The Bertz CT molecular complexity index is 698. The molecule has 0 bridgehead atoms. The van der Waals surface area contributed by atoms with Crippen LogP contribution in [0.5, 0.6) is 0 Å². The average Bonchev–Trinajstić information content (AvgIpc) is 3.11. The summed E-state index contributed by atoms with van der Waals surface area (Å²) in [4.78, 5) is 4.39. The Kier molecular flexibility index (Phi) is 3.49. The minimum absolute atomic E-state index is 0.00732. The Hall–Kier alpha value is -2.18. The Morgan fingerprint density at radius 2 is 2.20 bits per heavy atom. The summed E-state index contributed by atoms with van der Waals surface area (Å²) in [5, 5.41) is 4.29. The summed E-state index contributed by atoms with van der Waals surface area (Å²) >= 11 is 0. The van der Waals surface area contributed by atoms with E-state index in [2.05, 4.69) is 33.1 Å². The van der Waals surface area contributed by atoms with Crippen LogP contribution in [0.25, 0.3) is 11.0 Å². The minimum Gasteiger partial charge on any atom is -0.329 e. The largest absolute Gasteiger partial charge is 0.329 e. The van der Waals surface area contributed by atoms with Gasteiger partial charge >= 0.3 is 0 Å². The summed E-state index contributed by atoms with van der Waals surface area (Å²) in [5.74, 6) is 5.70. The zero-order valence-corrected chi connectivity index (χ0v) is 11.4. The second-order valence-electron chi connectivity index (χ2n) is 4.73. The van der Waals surface area contributed by atoms with Gasteiger partial charge in [-0.15, -0.1) is 0 Å². The first kappa shape index (κ1) is 12.8. The van der Waals surface area contributed by atoms with Gasteiger partial charge in [-0.1, -0.05) is 12.1 Å². The number of aromatic nitrogens is 4. The quantitative estimate of drug-likeness (QED) is 0.544. The molecule has 0 fully saturated rings. The highest BCUT2D eigenvalue weighted by Gasteiger charge is 2.14. The van der Waals surface area contributed by atoms with Crippen LogP contribution in [0.1, 0.15) is 18.5 Å². The Morgan fingerprint density at radius 1 is 1.35 bits per heavy atom. The van der Waals surface area contributed by atoms with E-state index in [9.17, 15) is 0 Å². The van der Waals surface area contributed by atoms with Crippen LogP contribution < -0.4 is 11.3 Å². The summed E-state index contributed by atoms with van der Waals surface area (Å²) in [5.41, 5.74) is 6.03. The van der Waals surface area contributed by atoms with Crippen LogP contribution in [-0.4, -0.2) is 19.3 Å².